The first-order valence-electron chi connectivity index (χ1n) is 41.9. The monoisotopic (exact) mass is 1430 g/mol. The molecule has 3 rings (SSSR count). The van der Waals surface area contributed by atoms with Crippen LogP contribution in [0.3, 0.4) is 0 Å². The Morgan fingerprint density at radius 2 is 0.630 bits per heavy atom. The lowest BCUT2D eigenvalue weighted by molar-refractivity contribution is -0.379. The number of unbranched alkanes of at least 4 members (excludes halogenated alkanes) is 50. The van der Waals surface area contributed by atoms with E-state index >= 15 is 0 Å². The van der Waals surface area contributed by atoms with Gasteiger partial charge in [-0.25, -0.2) is 0 Å². The molecule has 17 unspecified atom stereocenters. The highest BCUT2D eigenvalue weighted by Gasteiger charge is 2.54. The zero-order chi connectivity index (χ0) is 72.5. The molecule has 0 bridgehead atoms. The molecule has 3 fully saturated rings. The van der Waals surface area contributed by atoms with Crippen molar-refractivity contribution in [3.63, 3.8) is 0 Å². The van der Waals surface area contributed by atoms with Crippen LogP contribution in [0, 0.1) is 0 Å². The second-order valence-electron chi connectivity index (χ2n) is 30.3. The number of carbonyl (C=O) groups is 1. The Labute approximate surface area is 607 Å². The maximum Gasteiger partial charge on any atom is 0.220 e. The lowest BCUT2D eigenvalue weighted by Crippen LogP contribution is -2.66. The van der Waals surface area contributed by atoms with Gasteiger partial charge in [-0.2, -0.15) is 0 Å². The van der Waals surface area contributed by atoms with Crippen LogP contribution in [0.5, 0.6) is 0 Å². The molecule has 0 radical (unpaired) electrons. The van der Waals surface area contributed by atoms with E-state index in [0.717, 1.165) is 44.9 Å². The lowest BCUT2D eigenvalue weighted by Gasteiger charge is -2.48. The van der Waals surface area contributed by atoms with E-state index in [0.29, 0.717) is 12.8 Å². The predicted molar refractivity (Wildman–Crippen MR) is 397 cm³/mol. The largest absolute Gasteiger partial charge is 0.394 e. The lowest BCUT2D eigenvalue weighted by atomic mass is 9.96. The smallest absolute Gasteiger partial charge is 0.220 e. The highest BCUT2D eigenvalue weighted by atomic mass is 16.8. The highest BCUT2D eigenvalue weighted by molar-refractivity contribution is 5.76. The first kappa shape index (κ1) is 92.7. The molecule has 0 aromatic heterocycles. The number of amides is 1. The van der Waals surface area contributed by atoms with Crippen LogP contribution in [0.4, 0.5) is 0 Å². The molecule has 100 heavy (non-hydrogen) atoms. The summed E-state index contributed by atoms with van der Waals surface area (Å²) in [4.78, 5) is 13.5. The average molecular weight is 1430 g/mol. The summed E-state index contributed by atoms with van der Waals surface area (Å²) in [7, 11) is 0. The van der Waals surface area contributed by atoms with Gasteiger partial charge in [-0.1, -0.05) is 334 Å². The van der Waals surface area contributed by atoms with Gasteiger partial charge in [0.05, 0.1) is 38.6 Å². The third kappa shape index (κ3) is 42.2. The van der Waals surface area contributed by atoms with Gasteiger partial charge in [-0.3, -0.25) is 4.79 Å². The molecule has 19 nitrogen and oxygen atoms in total. The Morgan fingerprint density at radius 1 is 0.350 bits per heavy atom. The molecule has 3 aliphatic heterocycles. The number of nitrogens with one attached hydrogen (secondary N) is 1. The maximum absolute atomic E-state index is 13.5. The molecule has 19 heteroatoms. The Balaban J connectivity index is 1.35. The van der Waals surface area contributed by atoms with Gasteiger partial charge >= 0.3 is 0 Å². The van der Waals surface area contributed by atoms with Crippen LogP contribution in [-0.2, 0) is 33.2 Å². The Morgan fingerprint density at radius 3 is 0.970 bits per heavy atom. The van der Waals surface area contributed by atoms with E-state index in [1.54, 1.807) is 0 Å². The number of aliphatic hydroxyl groups is 11. The summed E-state index contributed by atoms with van der Waals surface area (Å²) in [5.74, 6) is -0.234. The van der Waals surface area contributed by atoms with Crippen molar-refractivity contribution in [1.82, 2.24) is 5.32 Å². The summed E-state index contributed by atoms with van der Waals surface area (Å²) in [6, 6.07) is -0.886. The van der Waals surface area contributed by atoms with Crippen molar-refractivity contribution < 1.29 is 89.4 Å². The van der Waals surface area contributed by atoms with Gasteiger partial charge < -0.3 is 89.9 Å². The summed E-state index contributed by atoms with van der Waals surface area (Å²) in [6.45, 7) is 1.87. The van der Waals surface area contributed by atoms with Crippen LogP contribution in [0.2, 0.25) is 0 Å². The van der Waals surface area contributed by atoms with E-state index < -0.39 is 124 Å². The summed E-state index contributed by atoms with van der Waals surface area (Å²) >= 11 is 0. The van der Waals surface area contributed by atoms with Gasteiger partial charge in [-0.15, -0.1) is 0 Å². The molecule has 0 saturated carbocycles. The molecular weight excluding hydrogens is 1270 g/mol. The molecule has 1 amide bonds. The summed E-state index contributed by atoms with van der Waals surface area (Å²) in [5, 5.41) is 121. The molecule has 3 heterocycles. The van der Waals surface area contributed by atoms with E-state index in [2.05, 4.69) is 31.3 Å². The van der Waals surface area contributed by atoms with Gasteiger partial charge in [0, 0.05) is 6.42 Å². The molecular formula is C81H155NO18. The molecule has 12 N–H and O–H groups in total. The van der Waals surface area contributed by atoms with E-state index in [9.17, 15) is 61.0 Å². The minimum atomic E-state index is -1.97. The van der Waals surface area contributed by atoms with E-state index in [1.165, 1.54) is 289 Å². The molecule has 0 spiro atoms. The number of aliphatic hydroxyl groups excluding tert-OH is 11. The molecule has 3 saturated heterocycles. The number of allylic oxidation sites excluding steroid dienone is 2. The fourth-order valence-corrected chi connectivity index (χ4v) is 14.6. The summed E-state index contributed by atoms with van der Waals surface area (Å²) < 4.78 is 34.6. The number of ether oxygens (including phenoxy) is 6. The van der Waals surface area contributed by atoms with E-state index in [-0.39, 0.29) is 18.9 Å². The number of hydrogen-bond donors (Lipinski definition) is 12. The van der Waals surface area contributed by atoms with Gasteiger partial charge in [0.25, 0.3) is 0 Å². The predicted octanol–water partition coefficient (Wildman–Crippen LogP) is 14.3. The standard InChI is InChI=1S/C81H155NO18/c1-3-5-7-9-11-13-15-17-19-21-23-25-27-29-31-33-34-36-38-40-42-44-46-48-50-52-54-56-58-65(86)64(82-69(87)59-57-55-53-51-49-47-45-43-41-39-37-35-32-30-28-26-24-22-20-18-16-14-12-10-8-6-4-2)63-95-79-75(93)72(90)77(67(61-84)97-79)100-81-76(94)73(91)78(68(62-85)98-81)99-80-74(92)71(89)70(88)66(60-83)96-80/h22,24,64-68,70-81,83-86,88-94H,3-21,23,25-63H2,1-2H3,(H,82,87)/b24-22-. The molecule has 592 valence electrons. The molecule has 0 aliphatic carbocycles. The Hall–Kier alpha value is -1.47. The molecule has 0 aromatic carbocycles. The molecule has 17 atom stereocenters. The fraction of sp³-hybridized carbons (Fsp3) is 0.963. The van der Waals surface area contributed by atoms with Crippen molar-refractivity contribution in [1.29, 1.82) is 0 Å². The fourth-order valence-electron chi connectivity index (χ4n) is 14.6. The van der Waals surface area contributed by atoms with Crippen molar-refractivity contribution in [2.75, 3.05) is 26.4 Å². The van der Waals surface area contributed by atoms with Crippen molar-refractivity contribution in [2.45, 2.75) is 471 Å². The van der Waals surface area contributed by atoms with Crippen LogP contribution in [0.1, 0.15) is 367 Å². The Kier molecular flexibility index (Phi) is 58.0. The van der Waals surface area contributed by atoms with Gasteiger partial charge in [0.1, 0.15) is 73.2 Å². The van der Waals surface area contributed by atoms with Crippen molar-refractivity contribution >= 4 is 5.91 Å². The minimum absolute atomic E-state index is 0.234. The summed E-state index contributed by atoms with van der Waals surface area (Å²) in [6.07, 6.45) is 47.3. The number of hydrogen-bond acceptors (Lipinski definition) is 18. The summed E-state index contributed by atoms with van der Waals surface area (Å²) in [5.41, 5.74) is 0. The van der Waals surface area contributed by atoms with Crippen LogP contribution in [-0.4, -0.2) is 193 Å². The topological polar surface area (TPSA) is 307 Å². The highest BCUT2D eigenvalue weighted by Crippen LogP contribution is 2.33. The quantitative estimate of drug-likeness (QED) is 0.0199. The SMILES string of the molecule is CCCCCCCCCC/C=C\CCCCCCCCCCCCCCCCCC(=O)NC(COC1OC(CO)C(OC2OC(CO)C(OC3OC(CO)C(O)C(O)C3O)C(O)C2O)C(O)C1O)C(O)CCCCCCCCCCCCCCCCCCCCCCCCCCCCCC. The third-order valence-electron chi connectivity index (χ3n) is 21.3. The first-order valence-corrected chi connectivity index (χ1v) is 41.9. The zero-order valence-electron chi connectivity index (χ0n) is 63.5. The average Bonchev–Trinajstić information content (AvgIpc) is 0.783. The van der Waals surface area contributed by atoms with Crippen molar-refractivity contribution in [3.8, 4) is 0 Å². The van der Waals surface area contributed by atoms with Crippen molar-refractivity contribution in [2.24, 2.45) is 0 Å². The third-order valence-corrected chi connectivity index (χ3v) is 21.3. The molecule has 0 aromatic rings. The Bertz CT molecular complexity index is 1850. The number of rotatable bonds is 68. The van der Waals surface area contributed by atoms with Crippen LogP contribution in [0.15, 0.2) is 12.2 Å². The van der Waals surface area contributed by atoms with Gasteiger partial charge in [-0.05, 0) is 38.5 Å². The zero-order valence-corrected chi connectivity index (χ0v) is 63.5. The normalized spacial score (nSPS) is 26.4. The van der Waals surface area contributed by atoms with Crippen LogP contribution >= 0.6 is 0 Å². The second-order valence-corrected chi connectivity index (χ2v) is 30.3. The van der Waals surface area contributed by atoms with Gasteiger partial charge in [0.15, 0.2) is 18.9 Å². The van der Waals surface area contributed by atoms with Gasteiger partial charge in [0.2, 0.25) is 5.91 Å². The van der Waals surface area contributed by atoms with Crippen molar-refractivity contribution in [3.05, 3.63) is 12.2 Å². The minimum Gasteiger partial charge on any atom is -0.394 e. The second kappa shape index (κ2) is 62.6. The van der Waals surface area contributed by atoms with Crippen LogP contribution < -0.4 is 5.32 Å². The maximum atomic E-state index is 13.5. The number of carbonyl (C=O) groups excluding carboxylic acids is 1. The van der Waals surface area contributed by atoms with E-state index in [1.807, 2.05) is 0 Å². The van der Waals surface area contributed by atoms with E-state index in [4.69, 9.17) is 28.4 Å². The molecule has 3 aliphatic rings. The van der Waals surface area contributed by atoms with Crippen LogP contribution in [0.25, 0.3) is 0 Å². The first-order chi connectivity index (χ1) is 48.8.